The first-order valence-electron chi connectivity index (χ1n) is 9.83. The minimum absolute atomic E-state index is 0.0504. The lowest BCUT2D eigenvalue weighted by Crippen LogP contribution is -2.50. The van der Waals surface area contributed by atoms with Crippen LogP contribution in [-0.4, -0.2) is 97.6 Å². The van der Waals surface area contributed by atoms with Crippen LogP contribution in [0.4, 0.5) is 16.2 Å². The van der Waals surface area contributed by atoms with Crippen molar-refractivity contribution in [2.24, 2.45) is 0 Å². The minimum Gasteiger partial charge on any atom is -0.450 e. The van der Waals surface area contributed by atoms with Gasteiger partial charge in [0.2, 0.25) is 0 Å². The first-order chi connectivity index (χ1) is 13.9. The van der Waals surface area contributed by atoms with E-state index in [4.69, 9.17) is 4.74 Å². The predicted octanol–water partition coefficient (Wildman–Crippen LogP) is 1.26. The van der Waals surface area contributed by atoms with Crippen molar-refractivity contribution in [3.8, 4) is 0 Å². The second-order valence-corrected chi connectivity index (χ2v) is 7.23. The molecular formula is C19H27N5O5. The molecule has 0 N–H and O–H groups in total. The normalized spacial score (nSPS) is 17.9. The molecule has 0 spiro atoms. The third-order valence-electron chi connectivity index (χ3n) is 5.36. The van der Waals surface area contributed by atoms with E-state index in [1.54, 1.807) is 28.9 Å². The lowest BCUT2D eigenvalue weighted by Gasteiger charge is -2.34. The molecular weight excluding hydrogens is 378 g/mol. The molecule has 0 bridgehead atoms. The molecule has 0 radical (unpaired) electrons. The van der Waals surface area contributed by atoms with Crippen LogP contribution < -0.4 is 4.90 Å². The van der Waals surface area contributed by atoms with Gasteiger partial charge in [0.05, 0.1) is 11.5 Å². The third kappa shape index (κ3) is 4.76. The molecule has 2 aliphatic heterocycles. The van der Waals surface area contributed by atoms with Crippen LogP contribution in [0.5, 0.6) is 0 Å². The Kier molecular flexibility index (Phi) is 6.53. The summed E-state index contributed by atoms with van der Waals surface area (Å²) in [7, 11) is 2.02. The lowest BCUT2D eigenvalue weighted by atomic mass is 10.1. The molecule has 2 saturated heterocycles. The number of benzene rings is 1. The van der Waals surface area contributed by atoms with E-state index in [0.29, 0.717) is 57.1 Å². The predicted molar refractivity (Wildman–Crippen MR) is 107 cm³/mol. The van der Waals surface area contributed by atoms with E-state index in [0.717, 1.165) is 13.1 Å². The fourth-order valence-corrected chi connectivity index (χ4v) is 3.61. The summed E-state index contributed by atoms with van der Waals surface area (Å²) < 4.78 is 4.98. The van der Waals surface area contributed by atoms with Gasteiger partial charge in [-0.15, -0.1) is 0 Å². The fourth-order valence-electron chi connectivity index (χ4n) is 3.61. The van der Waals surface area contributed by atoms with Gasteiger partial charge in [0.25, 0.3) is 11.6 Å². The number of likely N-dealkylation sites (N-methyl/N-ethyl adjacent to an activating group) is 1. The van der Waals surface area contributed by atoms with E-state index < -0.39 is 4.92 Å². The van der Waals surface area contributed by atoms with Crippen molar-refractivity contribution in [1.29, 1.82) is 0 Å². The first kappa shape index (κ1) is 20.8. The van der Waals surface area contributed by atoms with E-state index in [2.05, 4.69) is 4.90 Å². The first-order valence-corrected chi connectivity index (χ1v) is 9.83. The average Bonchev–Trinajstić information content (AvgIpc) is 2.73. The lowest BCUT2D eigenvalue weighted by molar-refractivity contribution is -0.384. The maximum atomic E-state index is 12.9. The van der Waals surface area contributed by atoms with Crippen LogP contribution in [0, 0.1) is 10.1 Å². The summed E-state index contributed by atoms with van der Waals surface area (Å²) in [6, 6.07) is 4.69. The summed E-state index contributed by atoms with van der Waals surface area (Å²) in [5, 5.41) is 11.6. The minimum atomic E-state index is -0.427. The SMILES string of the molecule is CCOC(=O)N1CCN(C(=O)c2ccc(N3CCN(C)CC3)c([N+](=O)[O-])c2)CC1. The van der Waals surface area contributed by atoms with Crippen LogP contribution in [0.3, 0.4) is 0 Å². The third-order valence-corrected chi connectivity index (χ3v) is 5.36. The van der Waals surface area contributed by atoms with Crippen molar-refractivity contribution in [2.75, 3.05) is 70.9 Å². The Morgan fingerprint density at radius 2 is 1.66 bits per heavy atom. The molecule has 29 heavy (non-hydrogen) atoms. The van der Waals surface area contributed by atoms with E-state index in [1.165, 1.54) is 6.07 Å². The van der Waals surface area contributed by atoms with E-state index in [1.807, 2.05) is 11.9 Å². The molecule has 2 fully saturated rings. The van der Waals surface area contributed by atoms with Crippen LogP contribution >= 0.6 is 0 Å². The van der Waals surface area contributed by atoms with Gasteiger partial charge in [0, 0.05) is 64.0 Å². The monoisotopic (exact) mass is 405 g/mol. The molecule has 10 heteroatoms. The molecule has 0 atom stereocenters. The van der Waals surface area contributed by atoms with Crippen molar-refractivity contribution >= 4 is 23.4 Å². The summed E-state index contributed by atoms with van der Waals surface area (Å²) in [6.07, 6.45) is -0.383. The summed E-state index contributed by atoms with van der Waals surface area (Å²) in [5.41, 5.74) is 0.788. The number of carbonyl (C=O) groups is 2. The number of hydrogen-bond donors (Lipinski definition) is 0. The van der Waals surface area contributed by atoms with E-state index in [9.17, 15) is 19.7 Å². The molecule has 3 rings (SSSR count). The zero-order valence-corrected chi connectivity index (χ0v) is 16.9. The number of anilines is 1. The standard InChI is InChI=1S/C19H27N5O5/c1-3-29-19(26)23-12-10-22(11-13-23)18(25)15-4-5-16(17(14-15)24(27)28)21-8-6-20(2)7-9-21/h4-5,14H,3,6-13H2,1-2H3. The van der Waals surface area contributed by atoms with Gasteiger partial charge in [-0.2, -0.15) is 0 Å². The summed E-state index contributed by atoms with van der Waals surface area (Å²) in [4.78, 5) is 43.2. The van der Waals surface area contributed by atoms with Crippen molar-refractivity contribution in [3.05, 3.63) is 33.9 Å². The second kappa shape index (κ2) is 9.08. The maximum absolute atomic E-state index is 12.9. The van der Waals surface area contributed by atoms with Gasteiger partial charge in [-0.1, -0.05) is 0 Å². The number of rotatable bonds is 4. The molecule has 158 valence electrons. The van der Waals surface area contributed by atoms with Gasteiger partial charge in [-0.3, -0.25) is 14.9 Å². The van der Waals surface area contributed by atoms with Gasteiger partial charge >= 0.3 is 6.09 Å². The molecule has 0 saturated carbocycles. The fraction of sp³-hybridized carbons (Fsp3) is 0.579. The number of hydrogen-bond acceptors (Lipinski definition) is 7. The highest BCUT2D eigenvalue weighted by Crippen LogP contribution is 2.30. The summed E-state index contributed by atoms with van der Waals surface area (Å²) in [6.45, 7) is 6.64. The molecule has 2 heterocycles. The Labute approximate surface area is 169 Å². The molecule has 2 amide bonds. The zero-order chi connectivity index (χ0) is 21.0. The van der Waals surface area contributed by atoms with Gasteiger partial charge < -0.3 is 24.3 Å². The van der Waals surface area contributed by atoms with E-state index in [-0.39, 0.29) is 17.7 Å². The Balaban J connectivity index is 1.71. The number of piperazine rings is 2. The number of nitro benzene ring substituents is 1. The highest BCUT2D eigenvalue weighted by atomic mass is 16.6. The van der Waals surface area contributed by atoms with Gasteiger partial charge in [0.1, 0.15) is 5.69 Å². The van der Waals surface area contributed by atoms with Crippen molar-refractivity contribution < 1.29 is 19.2 Å². The molecule has 1 aromatic carbocycles. The van der Waals surface area contributed by atoms with Gasteiger partial charge in [0.15, 0.2) is 0 Å². The van der Waals surface area contributed by atoms with Crippen LogP contribution in [0.25, 0.3) is 0 Å². The topological polar surface area (TPSA) is 99.5 Å². The largest absolute Gasteiger partial charge is 0.450 e. The van der Waals surface area contributed by atoms with Crippen LogP contribution in [-0.2, 0) is 4.74 Å². The Hall–Kier alpha value is -2.88. The van der Waals surface area contributed by atoms with Crippen LogP contribution in [0.2, 0.25) is 0 Å². The Morgan fingerprint density at radius 3 is 2.24 bits per heavy atom. The van der Waals surface area contributed by atoms with Crippen LogP contribution in [0.1, 0.15) is 17.3 Å². The van der Waals surface area contributed by atoms with Crippen molar-refractivity contribution in [1.82, 2.24) is 14.7 Å². The maximum Gasteiger partial charge on any atom is 0.409 e. The summed E-state index contributed by atoms with van der Waals surface area (Å²) in [5.74, 6) is -0.262. The van der Waals surface area contributed by atoms with Crippen LogP contribution in [0.15, 0.2) is 18.2 Å². The molecule has 0 aliphatic carbocycles. The van der Waals surface area contributed by atoms with Gasteiger partial charge in [-0.25, -0.2) is 4.79 Å². The molecule has 1 aromatic rings. The number of ether oxygens (including phenoxy) is 1. The second-order valence-electron chi connectivity index (χ2n) is 7.23. The quantitative estimate of drug-likeness (QED) is 0.549. The van der Waals surface area contributed by atoms with Crippen molar-refractivity contribution in [3.63, 3.8) is 0 Å². The average molecular weight is 405 g/mol. The highest BCUT2D eigenvalue weighted by molar-refractivity contribution is 5.96. The zero-order valence-electron chi connectivity index (χ0n) is 16.9. The molecule has 0 aromatic heterocycles. The Bertz CT molecular complexity index is 770. The summed E-state index contributed by atoms with van der Waals surface area (Å²) >= 11 is 0. The highest BCUT2D eigenvalue weighted by Gasteiger charge is 2.28. The molecule has 2 aliphatic rings. The smallest absolute Gasteiger partial charge is 0.409 e. The Morgan fingerprint density at radius 1 is 1.03 bits per heavy atom. The number of nitrogens with zero attached hydrogens (tertiary/aromatic N) is 5. The molecule has 10 nitrogen and oxygen atoms in total. The van der Waals surface area contributed by atoms with E-state index >= 15 is 0 Å². The number of amides is 2. The van der Waals surface area contributed by atoms with Crippen molar-refractivity contribution in [2.45, 2.75) is 6.92 Å². The number of nitro groups is 1. The number of carbonyl (C=O) groups excluding carboxylic acids is 2. The van der Waals surface area contributed by atoms with Gasteiger partial charge in [-0.05, 0) is 26.1 Å². The molecule has 0 unspecified atom stereocenters.